The van der Waals surface area contributed by atoms with Gasteiger partial charge in [0.1, 0.15) is 24.3 Å². The van der Waals surface area contributed by atoms with Crippen LogP contribution in [0.4, 0.5) is 20.6 Å². The first-order valence-corrected chi connectivity index (χ1v) is 12.5. The molecule has 7 nitrogen and oxygen atoms in total. The van der Waals surface area contributed by atoms with Crippen LogP contribution in [0.2, 0.25) is 0 Å². The van der Waals surface area contributed by atoms with Gasteiger partial charge in [-0.15, -0.1) is 0 Å². The summed E-state index contributed by atoms with van der Waals surface area (Å²) in [6, 6.07) is 19.2. The van der Waals surface area contributed by atoms with Gasteiger partial charge in [0.25, 0.3) is 0 Å². The van der Waals surface area contributed by atoms with Crippen LogP contribution in [0.3, 0.4) is 0 Å². The number of nitrogens with one attached hydrogen (secondary N) is 2. The van der Waals surface area contributed by atoms with Crippen molar-refractivity contribution in [3.05, 3.63) is 89.2 Å². The monoisotopic (exact) mass is 521 g/mol. The quantitative estimate of drug-likeness (QED) is 0.189. The van der Waals surface area contributed by atoms with Gasteiger partial charge < -0.3 is 25.3 Å². The molecule has 0 aliphatic carbocycles. The lowest BCUT2D eigenvalue weighted by atomic mass is 9.99. The van der Waals surface area contributed by atoms with Crippen LogP contribution < -0.4 is 21.1 Å². The minimum atomic E-state index is -0.599. The van der Waals surface area contributed by atoms with E-state index in [9.17, 15) is 9.18 Å². The predicted molar refractivity (Wildman–Crippen MR) is 151 cm³/mol. The van der Waals surface area contributed by atoms with Crippen molar-refractivity contribution in [1.29, 1.82) is 0 Å². The van der Waals surface area contributed by atoms with Crippen LogP contribution in [0.5, 0.6) is 5.75 Å². The summed E-state index contributed by atoms with van der Waals surface area (Å²) in [5, 5.41) is 6.17. The molecule has 1 atom stereocenters. The lowest BCUT2D eigenvalue weighted by molar-refractivity contribution is 0.121. The van der Waals surface area contributed by atoms with Crippen LogP contribution >= 0.6 is 0 Å². The molecule has 0 heterocycles. The number of nitrogens with two attached hydrogens (primary N) is 1. The number of hydrogen-bond acceptors (Lipinski definition) is 6. The number of carbonyl (C=O) groups excluding carboxylic acids is 1. The van der Waals surface area contributed by atoms with Gasteiger partial charge in [0.05, 0.1) is 6.61 Å². The average Bonchev–Trinajstić information content (AvgIpc) is 2.88. The Morgan fingerprint density at radius 3 is 2.29 bits per heavy atom. The lowest BCUT2D eigenvalue weighted by Gasteiger charge is -2.18. The molecular formula is C30H36FN3O4. The van der Waals surface area contributed by atoms with Gasteiger partial charge in [-0.3, -0.25) is 5.32 Å². The smallest absolute Gasteiger partial charge is 0.412 e. The number of amides is 1. The highest BCUT2D eigenvalue weighted by molar-refractivity contribution is 5.93. The largest absolute Gasteiger partial charge is 0.491 e. The highest BCUT2D eigenvalue weighted by Crippen LogP contribution is 2.31. The first kappa shape index (κ1) is 28.5. The first-order valence-electron chi connectivity index (χ1n) is 12.5. The van der Waals surface area contributed by atoms with Gasteiger partial charge in [-0.2, -0.15) is 0 Å². The molecule has 0 radical (unpaired) electrons. The molecular weight excluding hydrogens is 485 g/mol. The minimum absolute atomic E-state index is 0.201. The van der Waals surface area contributed by atoms with Crippen molar-refractivity contribution in [1.82, 2.24) is 0 Å². The number of carbonyl (C=O) groups is 1. The zero-order chi connectivity index (χ0) is 27.7. The number of hydrogen-bond donors (Lipinski definition) is 3. The maximum Gasteiger partial charge on any atom is 0.412 e. The third-order valence-electron chi connectivity index (χ3n) is 5.87. The van der Waals surface area contributed by atoms with Crippen molar-refractivity contribution < 1.29 is 23.4 Å². The maximum absolute atomic E-state index is 13.1. The van der Waals surface area contributed by atoms with Crippen molar-refractivity contribution >= 4 is 28.7 Å². The number of allylic oxidation sites excluding steroid dienone is 1. The van der Waals surface area contributed by atoms with Crippen LogP contribution in [0.1, 0.15) is 50.5 Å². The highest BCUT2D eigenvalue weighted by Gasteiger charge is 2.14. The summed E-state index contributed by atoms with van der Waals surface area (Å²) in [5.41, 5.74) is 12.1. The molecule has 0 saturated carbocycles. The van der Waals surface area contributed by atoms with Crippen molar-refractivity contribution in [2.45, 2.75) is 39.8 Å². The normalized spacial score (nSPS) is 12.5. The van der Waals surface area contributed by atoms with Crippen molar-refractivity contribution in [2.75, 3.05) is 31.0 Å². The third kappa shape index (κ3) is 7.98. The Bertz CT molecular complexity index is 1240. The Labute approximate surface area is 223 Å². The average molecular weight is 522 g/mol. The molecule has 8 heteroatoms. The SMILES string of the molecule is COCCOc1ccc(/C(N)=C(\C)c2ccc(NC(=O)OC(C)c3ccc(F)cc3)cc2)c(NC(C)C)c1. The van der Waals surface area contributed by atoms with Gasteiger partial charge in [0.15, 0.2) is 0 Å². The Balaban J connectivity index is 1.72. The molecule has 1 amide bonds. The van der Waals surface area contributed by atoms with E-state index in [0.29, 0.717) is 30.2 Å². The summed E-state index contributed by atoms with van der Waals surface area (Å²) in [6.45, 7) is 8.77. The molecule has 0 fully saturated rings. The second-order valence-electron chi connectivity index (χ2n) is 9.19. The molecule has 1 unspecified atom stereocenters. The number of ether oxygens (including phenoxy) is 3. The van der Waals surface area contributed by atoms with Crippen molar-refractivity contribution in [2.24, 2.45) is 5.73 Å². The van der Waals surface area contributed by atoms with Crippen LogP contribution in [0, 0.1) is 5.82 Å². The van der Waals surface area contributed by atoms with E-state index in [-0.39, 0.29) is 11.9 Å². The van der Waals surface area contributed by atoms with Crippen LogP contribution in [0.15, 0.2) is 66.7 Å². The molecule has 0 aromatic heterocycles. The van der Waals surface area contributed by atoms with E-state index in [0.717, 1.165) is 28.1 Å². The Kier molecular flexibility index (Phi) is 10.1. The lowest BCUT2D eigenvalue weighted by Crippen LogP contribution is -2.16. The van der Waals surface area contributed by atoms with Crippen LogP contribution in [-0.2, 0) is 9.47 Å². The van der Waals surface area contributed by atoms with E-state index in [1.165, 1.54) is 12.1 Å². The molecule has 0 saturated heterocycles. The second kappa shape index (κ2) is 13.5. The summed E-state index contributed by atoms with van der Waals surface area (Å²) < 4.78 is 29.4. The fourth-order valence-corrected chi connectivity index (χ4v) is 3.79. The molecule has 202 valence electrons. The fourth-order valence-electron chi connectivity index (χ4n) is 3.79. The maximum atomic E-state index is 13.1. The standard InChI is InChI=1S/C30H36FN3O4/c1-19(2)33-28-18-26(37-17-16-36-5)14-15-27(28)29(32)20(3)22-8-12-25(13-9-22)34-30(35)38-21(4)23-6-10-24(31)11-7-23/h6-15,18-19,21,33H,16-17,32H2,1-5H3,(H,34,35)/b29-20-. The zero-order valence-corrected chi connectivity index (χ0v) is 22.5. The molecule has 3 aromatic rings. The van der Waals surface area contributed by atoms with E-state index < -0.39 is 12.2 Å². The van der Waals surface area contributed by atoms with Crippen LogP contribution in [0.25, 0.3) is 11.3 Å². The molecule has 3 rings (SSSR count). The van der Waals surface area contributed by atoms with E-state index in [1.807, 2.05) is 37.3 Å². The fraction of sp³-hybridized carbons (Fsp3) is 0.300. The van der Waals surface area contributed by atoms with Crippen molar-refractivity contribution in [3.8, 4) is 5.75 Å². The zero-order valence-electron chi connectivity index (χ0n) is 22.5. The number of anilines is 2. The number of halogens is 1. The Morgan fingerprint density at radius 2 is 1.66 bits per heavy atom. The van der Waals surface area contributed by atoms with E-state index >= 15 is 0 Å². The number of rotatable bonds is 11. The summed E-state index contributed by atoms with van der Waals surface area (Å²) in [5.74, 6) is 0.391. The Morgan fingerprint density at radius 1 is 0.974 bits per heavy atom. The van der Waals surface area contributed by atoms with Gasteiger partial charge in [-0.05, 0) is 80.8 Å². The van der Waals surface area contributed by atoms with Gasteiger partial charge in [0.2, 0.25) is 0 Å². The molecule has 4 N–H and O–H groups in total. The number of benzene rings is 3. The summed E-state index contributed by atoms with van der Waals surface area (Å²) in [4.78, 5) is 12.4. The summed E-state index contributed by atoms with van der Waals surface area (Å²) in [7, 11) is 1.64. The van der Waals surface area contributed by atoms with E-state index in [2.05, 4.69) is 24.5 Å². The van der Waals surface area contributed by atoms with Gasteiger partial charge in [-0.25, -0.2) is 9.18 Å². The van der Waals surface area contributed by atoms with E-state index in [4.69, 9.17) is 19.9 Å². The third-order valence-corrected chi connectivity index (χ3v) is 5.87. The summed E-state index contributed by atoms with van der Waals surface area (Å²) >= 11 is 0. The van der Waals surface area contributed by atoms with Gasteiger partial charge in [-0.1, -0.05) is 24.3 Å². The molecule has 0 spiro atoms. The highest BCUT2D eigenvalue weighted by atomic mass is 19.1. The first-order chi connectivity index (χ1) is 18.2. The molecule has 0 aliphatic rings. The van der Waals surface area contributed by atoms with Crippen molar-refractivity contribution in [3.63, 3.8) is 0 Å². The minimum Gasteiger partial charge on any atom is -0.491 e. The topological polar surface area (TPSA) is 94.8 Å². The molecule has 38 heavy (non-hydrogen) atoms. The van der Waals surface area contributed by atoms with E-state index in [1.54, 1.807) is 38.3 Å². The molecule has 0 aliphatic heterocycles. The molecule has 0 bridgehead atoms. The van der Waals surface area contributed by atoms with Crippen LogP contribution in [-0.4, -0.2) is 32.5 Å². The summed E-state index contributed by atoms with van der Waals surface area (Å²) in [6.07, 6.45) is -1.12. The van der Waals surface area contributed by atoms with Gasteiger partial charge in [0, 0.05) is 41.9 Å². The molecule has 3 aromatic carbocycles. The second-order valence-corrected chi connectivity index (χ2v) is 9.19. The predicted octanol–water partition coefficient (Wildman–Crippen LogP) is 6.83. The Hall–Kier alpha value is -4.04. The number of methoxy groups -OCH3 is 1. The van der Waals surface area contributed by atoms with Gasteiger partial charge >= 0.3 is 6.09 Å².